The number of aliphatic imine (C=N–C) groups is 1. The standard InChI is InChI=1S/C10H15N3O2S/c14-5-1-2-11-9(15)6-8-7-16-10-12-3-4-13(8)10/h7,14H,1-6H2,(H,11,15). The molecule has 88 valence electrons. The molecule has 0 saturated carbocycles. The van der Waals surface area contributed by atoms with E-state index in [1.165, 1.54) is 0 Å². The average molecular weight is 241 g/mol. The number of thioether (sulfide) groups is 1. The third kappa shape index (κ3) is 2.56. The molecule has 2 heterocycles. The Morgan fingerprint density at radius 2 is 2.56 bits per heavy atom. The number of carbonyl (C=O) groups excluding carboxylic acids is 1. The molecule has 0 aromatic heterocycles. The third-order valence-corrected chi connectivity index (χ3v) is 3.40. The SMILES string of the molecule is O=C(CC1=CSC2=NCCN12)NCCCO. The van der Waals surface area contributed by atoms with E-state index >= 15 is 0 Å². The zero-order chi connectivity index (χ0) is 11.4. The van der Waals surface area contributed by atoms with Crippen LogP contribution in [0.25, 0.3) is 0 Å². The fourth-order valence-corrected chi connectivity index (χ4v) is 2.60. The maximum absolute atomic E-state index is 11.6. The van der Waals surface area contributed by atoms with Gasteiger partial charge in [-0.2, -0.15) is 0 Å². The molecule has 0 aliphatic carbocycles. The summed E-state index contributed by atoms with van der Waals surface area (Å²) >= 11 is 1.59. The van der Waals surface area contributed by atoms with E-state index in [9.17, 15) is 4.79 Å². The van der Waals surface area contributed by atoms with Gasteiger partial charge in [0, 0.05) is 25.4 Å². The van der Waals surface area contributed by atoms with Crippen LogP contribution >= 0.6 is 11.8 Å². The van der Waals surface area contributed by atoms with Crippen molar-refractivity contribution in [1.82, 2.24) is 10.2 Å². The summed E-state index contributed by atoms with van der Waals surface area (Å²) in [5.41, 5.74) is 1.03. The zero-order valence-corrected chi connectivity index (χ0v) is 9.79. The molecule has 0 aromatic rings. The molecule has 0 saturated heterocycles. The number of amides is 1. The van der Waals surface area contributed by atoms with Gasteiger partial charge in [0.25, 0.3) is 0 Å². The van der Waals surface area contributed by atoms with E-state index < -0.39 is 0 Å². The van der Waals surface area contributed by atoms with Gasteiger partial charge in [0.2, 0.25) is 5.91 Å². The number of aliphatic hydroxyl groups excluding tert-OH is 1. The lowest BCUT2D eigenvalue weighted by Crippen LogP contribution is -2.29. The highest BCUT2D eigenvalue weighted by molar-refractivity contribution is 8.16. The number of amidine groups is 1. The minimum absolute atomic E-state index is 0.00782. The van der Waals surface area contributed by atoms with Crippen LogP contribution in [0.4, 0.5) is 0 Å². The smallest absolute Gasteiger partial charge is 0.225 e. The van der Waals surface area contributed by atoms with Crippen molar-refractivity contribution in [2.45, 2.75) is 12.8 Å². The number of hydrogen-bond acceptors (Lipinski definition) is 5. The average Bonchev–Trinajstić information content (AvgIpc) is 2.83. The number of carbonyl (C=O) groups is 1. The molecule has 0 atom stereocenters. The van der Waals surface area contributed by atoms with Crippen LogP contribution in [-0.2, 0) is 4.79 Å². The first kappa shape index (κ1) is 11.5. The number of nitrogens with zero attached hydrogens (tertiary/aromatic N) is 2. The molecule has 2 rings (SSSR count). The van der Waals surface area contributed by atoms with Crippen LogP contribution in [0.1, 0.15) is 12.8 Å². The minimum Gasteiger partial charge on any atom is -0.396 e. The molecule has 16 heavy (non-hydrogen) atoms. The summed E-state index contributed by atoms with van der Waals surface area (Å²) in [4.78, 5) is 18.0. The van der Waals surface area contributed by atoms with E-state index in [1.807, 2.05) is 5.41 Å². The van der Waals surface area contributed by atoms with Crippen molar-refractivity contribution in [3.8, 4) is 0 Å². The maximum atomic E-state index is 11.6. The fraction of sp³-hybridized carbons (Fsp3) is 0.600. The van der Waals surface area contributed by atoms with Crippen LogP contribution in [-0.4, -0.2) is 47.3 Å². The van der Waals surface area contributed by atoms with E-state index in [-0.39, 0.29) is 12.5 Å². The van der Waals surface area contributed by atoms with Gasteiger partial charge in [-0.25, -0.2) is 0 Å². The van der Waals surface area contributed by atoms with Gasteiger partial charge in [0.1, 0.15) is 0 Å². The molecule has 6 heteroatoms. The van der Waals surface area contributed by atoms with Crippen molar-refractivity contribution in [2.75, 3.05) is 26.2 Å². The van der Waals surface area contributed by atoms with Crippen molar-refractivity contribution in [2.24, 2.45) is 4.99 Å². The number of rotatable bonds is 5. The summed E-state index contributed by atoms with van der Waals surface area (Å²) < 4.78 is 0. The summed E-state index contributed by atoms with van der Waals surface area (Å²) in [6.45, 7) is 2.36. The molecular weight excluding hydrogens is 226 g/mol. The van der Waals surface area contributed by atoms with Gasteiger partial charge in [-0.15, -0.1) is 0 Å². The summed E-state index contributed by atoms with van der Waals surface area (Å²) in [5.74, 6) is 0.00782. The second kappa shape index (κ2) is 5.36. The van der Waals surface area contributed by atoms with Crippen LogP contribution in [0.3, 0.4) is 0 Å². The Hall–Kier alpha value is -1.01. The lowest BCUT2D eigenvalue weighted by Gasteiger charge is -2.15. The Kier molecular flexibility index (Phi) is 3.84. The van der Waals surface area contributed by atoms with Gasteiger partial charge in [-0.3, -0.25) is 9.79 Å². The van der Waals surface area contributed by atoms with Gasteiger partial charge in [0.15, 0.2) is 5.17 Å². The highest BCUT2D eigenvalue weighted by atomic mass is 32.2. The van der Waals surface area contributed by atoms with E-state index in [0.29, 0.717) is 19.4 Å². The monoisotopic (exact) mass is 241 g/mol. The Morgan fingerprint density at radius 3 is 3.38 bits per heavy atom. The van der Waals surface area contributed by atoms with E-state index in [2.05, 4.69) is 15.2 Å². The number of aliphatic hydroxyl groups is 1. The van der Waals surface area contributed by atoms with Crippen LogP contribution in [0, 0.1) is 0 Å². The van der Waals surface area contributed by atoms with Gasteiger partial charge in [0.05, 0.1) is 13.0 Å². The van der Waals surface area contributed by atoms with Crippen molar-refractivity contribution in [3.63, 3.8) is 0 Å². The molecule has 0 bridgehead atoms. The molecule has 0 aromatic carbocycles. The normalized spacial score (nSPS) is 18.2. The van der Waals surface area contributed by atoms with Crippen molar-refractivity contribution < 1.29 is 9.90 Å². The second-order valence-electron chi connectivity index (χ2n) is 3.65. The molecule has 1 amide bonds. The molecule has 0 spiro atoms. The minimum atomic E-state index is 0.00782. The van der Waals surface area contributed by atoms with Gasteiger partial charge >= 0.3 is 0 Å². The molecule has 0 fully saturated rings. The summed E-state index contributed by atoms with van der Waals surface area (Å²) in [6, 6.07) is 0. The molecule has 0 radical (unpaired) electrons. The Bertz CT molecular complexity index is 341. The lowest BCUT2D eigenvalue weighted by atomic mass is 10.3. The van der Waals surface area contributed by atoms with Crippen molar-refractivity contribution in [3.05, 3.63) is 11.1 Å². The summed E-state index contributed by atoms with van der Waals surface area (Å²) in [6.07, 6.45) is 1.01. The molecule has 2 N–H and O–H groups in total. The molecule has 0 unspecified atom stereocenters. The molecular formula is C10H15N3O2S. The largest absolute Gasteiger partial charge is 0.396 e. The third-order valence-electron chi connectivity index (χ3n) is 2.45. The summed E-state index contributed by atoms with van der Waals surface area (Å²) in [5, 5.41) is 14.4. The first-order chi connectivity index (χ1) is 7.81. The first-order valence-electron chi connectivity index (χ1n) is 5.36. The van der Waals surface area contributed by atoms with Gasteiger partial charge in [-0.1, -0.05) is 11.8 Å². The van der Waals surface area contributed by atoms with Gasteiger partial charge in [-0.05, 0) is 11.8 Å². The summed E-state index contributed by atoms with van der Waals surface area (Å²) in [7, 11) is 0. The Morgan fingerprint density at radius 1 is 1.69 bits per heavy atom. The van der Waals surface area contributed by atoms with Crippen LogP contribution < -0.4 is 5.32 Å². The highest BCUT2D eigenvalue weighted by Gasteiger charge is 2.27. The van der Waals surface area contributed by atoms with Crippen LogP contribution in [0.15, 0.2) is 16.1 Å². The van der Waals surface area contributed by atoms with E-state index in [1.54, 1.807) is 11.8 Å². The predicted octanol–water partition coefficient (Wildman–Crippen LogP) is 0.135. The van der Waals surface area contributed by atoms with E-state index in [4.69, 9.17) is 5.11 Å². The Balaban J connectivity index is 1.77. The quantitative estimate of drug-likeness (QED) is 0.672. The fourth-order valence-electron chi connectivity index (χ4n) is 1.65. The molecule has 2 aliphatic rings. The maximum Gasteiger partial charge on any atom is 0.225 e. The number of nitrogens with one attached hydrogen (secondary N) is 1. The van der Waals surface area contributed by atoms with Crippen LogP contribution in [0.2, 0.25) is 0 Å². The van der Waals surface area contributed by atoms with Gasteiger partial charge < -0.3 is 15.3 Å². The van der Waals surface area contributed by atoms with Crippen LogP contribution in [0.5, 0.6) is 0 Å². The zero-order valence-electron chi connectivity index (χ0n) is 8.98. The number of fused-ring (bicyclic) bond motifs is 1. The van der Waals surface area contributed by atoms with Crippen molar-refractivity contribution >= 4 is 22.8 Å². The predicted molar refractivity (Wildman–Crippen MR) is 64.0 cm³/mol. The highest BCUT2D eigenvalue weighted by Crippen LogP contribution is 2.30. The first-order valence-corrected chi connectivity index (χ1v) is 6.24. The number of hydrogen-bond donors (Lipinski definition) is 2. The molecule has 2 aliphatic heterocycles. The lowest BCUT2D eigenvalue weighted by molar-refractivity contribution is -0.120. The van der Waals surface area contributed by atoms with E-state index in [0.717, 1.165) is 24.0 Å². The topological polar surface area (TPSA) is 64.9 Å². The second-order valence-corrected chi connectivity index (χ2v) is 4.48. The van der Waals surface area contributed by atoms with Crippen molar-refractivity contribution in [1.29, 1.82) is 0 Å². The Labute approximate surface area is 98.6 Å². The molecule has 5 nitrogen and oxygen atoms in total.